The minimum absolute atomic E-state index is 0.00187. The Morgan fingerprint density at radius 1 is 1.24 bits per heavy atom. The zero-order chi connectivity index (χ0) is 13.5. The molecule has 0 aliphatic heterocycles. The van der Waals surface area contributed by atoms with E-state index in [9.17, 15) is 14.4 Å². The lowest BCUT2D eigenvalue weighted by Gasteiger charge is -2.24. The lowest BCUT2D eigenvalue weighted by Crippen LogP contribution is -2.45. The number of carbonyl (C=O) groups is 3. The summed E-state index contributed by atoms with van der Waals surface area (Å²) in [4.78, 5) is 33.0. The number of hydrogen-bond donors (Lipinski definition) is 2. The van der Waals surface area contributed by atoms with Crippen molar-refractivity contribution >= 4 is 17.8 Å². The van der Waals surface area contributed by atoms with E-state index in [1.54, 1.807) is 20.8 Å². The molecule has 98 valence electrons. The van der Waals surface area contributed by atoms with Crippen LogP contribution in [0.15, 0.2) is 0 Å². The molecule has 17 heavy (non-hydrogen) atoms. The maximum Gasteiger partial charge on any atom is 0.306 e. The molecule has 0 radical (unpaired) electrons. The van der Waals surface area contributed by atoms with E-state index in [2.05, 4.69) is 10.1 Å². The summed E-state index contributed by atoms with van der Waals surface area (Å²) in [7, 11) is 0. The molecule has 0 aromatic rings. The molecule has 0 unspecified atom stereocenters. The molecular formula is C11H19NO5. The van der Waals surface area contributed by atoms with Crippen molar-refractivity contribution in [2.45, 2.75) is 45.6 Å². The van der Waals surface area contributed by atoms with Crippen LogP contribution in [0.1, 0.15) is 40.0 Å². The summed E-state index contributed by atoms with van der Waals surface area (Å²) in [5, 5.41) is 11.2. The summed E-state index contributed by atoms with van der Waals surface area (Å²) in [5.41, 5.74) is -0.822. The van der Waals surface area contributed by atoms with Gasteiger partial charge in [0.05, 0.1) is 19.4 Å². The van der Waals surface area contributed by atoms with Crippen LogP contribution < -0.4 is 5.32 Å². The van der Waals surface area contributed by atoms with Crippen LogP contribution in [0.5, 0.6) is 0 Å². The molecule has 0 aromatic carbocycles. The molecule has 6 nitrogen and oxygen atoms in total. The molecule has 0 spiro atoms. The summed E-state index contributed by atoms with van der Waals surface area (Å²) in [5.74, 6) is -1.77. The van der Waals surface area contributed by atoms with Gasteiger partial charge < -0.3 is 15.2 Å². The van der Waals surface area contributed by atoms with Crippen LogP contribution in [0.4, 0.5) is 0 Å². The van der Waals surface area contributed by atoms with Crippen molar-refractivity contribution in [2.24, 2.45) is 0 Å². The van der Waals surface area contributed by atoms with E-state index in [4.69, 9.17) is 5.11 Å². The molecule has 2 N–H and O–H groups in total. The first-order valence-electron chi connectivity index (χ1n) is 5.45. The lowest BCUT2D eigenvalue weighted by molar-refractivity contribution is -0.145. The van der Waals surface area contributed by atoms with Crippen LogP contribution in [-0.2, 0) is 19.1 Å². The van der Waals surface area contributed by atoms with Gasteiger partial charge in [0.1, 0.15) is 0 Å². The predicted octanol–water partition coefficient (Wildman–Crippen LogP) is 0.699. The number of carbonyl (C=O) groups excluding carboxylic acids is 2. The van der Waals surface area contributed by atoms with Gasteiger partial charge in [0.2, 0.25) is 5.91 Å². The van der Waals surface area contributed by atoms with E-state index < -0.39 is 17.5 Å². The standard InChI is InChI=1S/C11H19NO5/c1-4-17-10(16)6-5-8(13)12-11(2,3)7-9(14)15/h4-7H2,1-3H3,(H,12,13)(H,14,15). The van der Waals surface area contributed by atoms with Crippen molar-refractivity contribution in [1.82, 2.24) is 5.32 Å². The molecule has 1 amide bonds. The van der Waals surface area contributed by atoms with Gasteiger partial charge in [0.15, 0.2) is 0 Å². The molecule has 6 heteroatoms. The Labute approximate surface area is 100 Å². The Morgan fingerprint density at radius 2 is 1.82 bits per heavy atom. The number of rotatable bonds is 7. The second-order valence-corrected chi connectivity index (χ2v) is 4.31. The summed E-state index contributed by atoms with van der Waals surface area (Å²) in [6, 6.07) is 0. The van der Waals surface area contributed by atoms with E-state index in [0.717, 1.165) is 0 Å². The third-order valence-electron chi connectivity index (χ3n) is 1.93. The number of carboxylic acids is 1. The molecule has 0 atom stereocenters. The van der Waals surface area contributed by atoms with Gasteiger partial charge in [-0.05, 0) is 20.8 Å². The summed E-state index contributed by atoms with van der Waals surface area (Å²) in [6.07, 6.45) is -0.164. The normalized spacial score (nSPS) is 10.8. The third kappa shape index (κ3) is 8.24. The van der Waals surface area contributed by atoms with Gasteiger partial charge in [-0.15, -0.1) is 0 Å². The fraction of sp³-hybridized carbons (Fsp3) is 0.727. The summed E-state index contributed by atoms with van der Waals surface area (Å²) >= 11 is 0. The quantitative estimate of drug-likeness (QED) is 0.644. The number of ether oxygens (including phenoxy) is 1. The molecule has 0 saturated heterocycles. The zero-order valence-corrected chi connectivity index (χ0v) is 10.4. The van der Waals surface area contributed by atoms with Crippen LogP contribution in [-0.4, -0.2) is 35.1 Å². The van der Waals surface area contributed by atoms with Crippen LogP contribution in [0, 0.1) is 0 Å². The molecule has 0 bridgehead atoms. The van der Waals surface area contributed by atoms with Crippen molar-refractivity contribution in [3.63, 3.8) is 0 Å². The Hall–Kier alpha value is -1.59. The fourth-order valence-corrected chi connectivity index (χ4v) is 1.31. The van der Waals surface area contributed by atoms with Gasteiger partial charge in [-0.3, -0.25) is 14.4 Å². The molecule has 0 heterocycles. The molecule has 0 rings (SSSR count). The molecule has 0 saturated carbocycles. The van der Waals surface area contributed by atoms with Crippen LogP contribution in [0.25, 0.3) is 0 Å². The second-order valence-electron chi connectivity index (χ2n) is 4.31. The topological polar surface area (TPSA) is 92.7 Å². The number of aliphatic carboxylic acids is 1. The first-order valence-corrected chi connectivity index (χ1v) is 5.45. The SMILES string of the molecule is CCOC(=O)CCC(=O)NC(C)(C)CC(=O)O. The number of esters is 1. The van der Waals surface area contributed by atoms with E-state index in [0.29, 0.717) is 0 Å². The Bertz CT molecular complexity index is 298. The fourth-order valence-electron chi connectivity index (χ4n) is 1.31. The smallest absolute Gasteiger partial charge is 0.306 e. The minimum atomic E-state index is -0.985. The number of carboxylic acid groups (broad SMARTS) is 1. The highest BCUT2D eigenvalue weighted by Gasteiger charge is 2.23. The van der Waals surface area contributed by atoms with Crippen LogP contribution >= 0.6 is 0 Å². The Morgan fingerprint density at radius 3 is 2.29 bits per heavy atom. The van der Waals surface area contributed by atoms with Crippen molar-refractivity contribution in [3.8, 4) is 0 Å². The number of nitrogens with one attached hydrogen (secondary N) is 1. The maximum atomic E-state index is 11.4. The van der Waals surface area contributed by atoms with Crippen LogP contribution in [0.3, 0.4) is 0 Å². The summed E-state index contributed by atoms with van der Waals surface area (Å²) < 4.78 is 4.67. The predicted molar refractivity (Wildman–Crippen MR) is 60.3 cm³/mol. The van der Waals surface area contributed by atoms with E-state index in [1.807, 2.05) is 0 Å². The van der Waals surface area contributed by atoms with Crippen molar-refractivity contribution in [3.05, 3.63) is 0 Å². The van der Waals surface area contributed by atoms with Crippen molar-refractivity contribution in [1.29, 1.82) is 0 Å². The molecular weight excluding hydrogens is 226 g/mol. The summed E-state index contributed by atoms with van der Waals surface area (Å²) in [6.45, 7) is 5.20. The lowest BCUT2D eigenvalue weighted by atomic mass is 10.0. The average Bonchev–Trinajstić information content (AvgIpc) is 2.12. The minimum Gasteiger partial charge on any atom is -0.481 e. The van der Waals surface area contributed by atoms with Gasteiger partial charge in [-0.25, -0.2) is 0 Å². The van der Waals surface area contributed by atoms with Gasteiger partial charge in [0, 0.05) is 12.0 Å². The van der Waals surface area contributed by atoms with Crippen molar-refractivity contribution < 1.29 is 24.2 Å². The van der Waals surface area contributed by atoms with E-state index in [-0.39, 0.29) is 31.8 Å². The van der Waals surface area contributed by atoms with Gasteiger partial charge in [0.25, 0.3) is 0 Å². The van der Waals surface area contributed by atoms with Crippen LogP contribution in [0.2, 0.25) is 0 Å². The molecule has 0 aromatic heterocycles. The maximum absolute atomic E-state index is 11.4. The van der Waals surface area contributed by atoms with Gasteiger partial charge in [-0.2, -0.15) is 0 Å². The molecule has 0 aliphatic carbocycles. The Balaban J connectivity index is 4.01. The largest absolute Gasteiger partial charge is 0.481 e. The number of amides is 1. The first-order chi connectivity index (χ1) is 7.76. The van der Waals surface area contributed by atoms with E-state index >= 15 is 0 Å². The highest BCUT2D eigenvalue weighted by Crippen LogP contribution is 2.08. The van der Waals surface area contributed by atoms with E-state index in [1.165, 1.54) is 0 Å². The third-order valence-corrected chi connectivity index (χ3v) is 1.93. The van der Waals surface area contributed by atoms with Gasteiger partial charge >= 0.3 is 11.9 Å². The highest BCUT2D eigenvalue weighted by molar-refractivity contribution is 5.82. The van der Waals surface area contributed by atoms with Crippen molar-refractivity contribution in [2.75, 3.05) is 6.61 Å². The molecule has 0 fully saturated rings. The highest BCUT2D eigenvalue weighted by atomic mass is 16.5. The zero-order valence-electron chi connectivity index (χ0n) is 10.4. The first kappa shape index (κ1) is 15.4. The van der Waals surface area contributed by atoms with Gasteiger partial charge in [-0.1, -0.05) is 0 Å². The Kier molecular flexibility index (Phi) is 6.23. The molecule has 0 aliphatic rings. The second kappa shape index (κ2) is 6.88. The monoisotopic (exact) mass is 245 g/mol. The number of hydrogen-bond acceptors (Lipinski definition) is 4. The average molecular weight is 245 g/mol.